The summed E-state index contributed by atoms with van der Waals surface area (Å²) in [5, 5.41) is 11.2. The molecule has 0 amide bonds. The number of oxazole rings is 1. The molecule has 0 N–H and O–H groups in total. The van der Waals surface area contributed by atoms with Crippen LogP contribution in [0.5, 0.6) is 0 Å². The van der Waals surface area contributed by atoms with E-state index in [1.54, 1.807) is 0 Å². The first-order chi connectivity index (χ1) is 9.11. The Morgan fingerprint density at radius 1 is 1.53 bits per heavy atom. The fourth-order valence-electron chi connectivity index (χ4n) is 1.35. The van der Waals surface area contributed by atoms with Crippen molar-refractivity contribution in [1.29, 1.82) is 0 Å². The highest BCUT2D eigenvalue weighted by Crippen LogP contribution is 2.34. The minimum Gasteiger partial charge on any atom is -0.465 e. The minimum atomic E-state index is -0.566. The van der Waals surface area contributed by atoms with Crippen LogP contribution >= 0.6 is 11.8 Å². The molecule has 0 unspecified atom stereocenters. The SMILES string of the molecule is COC(=O)c1ccc([N+](=O)[O-])c(Sc2ncco2)c1. The first-order valence-electron chi connectivity index (χ1n) is 5.06. The van der Waals surface area contributed by atoms with Crippen LogP contribution in [0.3, 0.4) is 0 Å². The van der Waals surface area contributed by atoms with Crippen molar-refractivity contribution in [2.75, 3.05) is 7.11 Å². The molecule has 0 atom stereocenters. The van der Waals surface area contributed by atoms with Crippen LogP contribution in [0.4, 0.5) is 5.69 Å². The molecule has 0 aliphatic rings. The molecule has 1 aromatic carbocycles. The summed E-state index contributed by atoms with van der Waals surface area (Å²) in [4.78, 5) is 25.9. The number of nitrogens with zero attached hydrogens (tertiary/aromatic N) is 2. The molecule has 0 spiro atoms. The van der Waals surface area contributed by atoms with Crippen molar-refractivity contribution >= 4 is 23.4 Å². The first-order valence-corrected chi connectivity index (χ1v) is 5.87. The zero-order chi connectivity index (χ0) is 13.8. The van der Waals surface area contributed by atoms with Crippen molar-refractivity contribution in [3.05, 3.63) is 46.3 Å². The van der Waals surface area contributed by atoms with E-state index in [1.165, 1.54) is 37.8 Å². The van der Waals surface area contributed by atoms with E-state index in [-0.39, 0.29) is 21.4 Å². The van der Waals surface area contributed by atoms with Crippen LogP contribution in [0.1, 0.15) is 10.4 Å². The summed E-state index contributed by atoms with van der Waals surface area (Å²) in [6, 6.07) is 3.96. The summed E-state index contributed by atoms with van der Waals surface area (Å²) in [5.74, 6) is -0.566. The van der Waals surface area contributed by atoms with Gasteiger partial charge in [-0.05, 0) is 23.9 Å². The summed E-state index contributed by atoms with van der Waals surface area (Å²) in [5.41, 5.74) is 0.0954. The lowest BCUT2D eigenvalue weighted by molar-refractivity contribution is -0.387. The van der Waals surface area contributed by atoms with E-state index in [0.717, 1.165) is 11.8 Å². The molecule has 0 radical (unpaired) electrons. The van der Waals surface area contributed by atoms with Gasteiger partial charge in [0.15, 0.2) is 0 Å². The number of rotatable bonds is 4. The van der Waals surface area contributed by atoms with Gasteiger partial charge in [0.25, 0.3) is 10.9 Å². The normalized spacial score (nSPS) is 10.2. The van der Waals surface area contributed by atoms with E-state index in [4.69, 9.17) is 4.42 Å². The number of nitro benzene ring substituents is 1. The molecule has 0 aliphatic heterocycles. The molecular weight excluding hydrogens is 272 g/mol. The predicted octanol–water partition coefficient (Wildman–Crippen LogP) is 2.52. The summed E-state index contributed by atoms with van der Waals surface area (Å²) >= 11 is 0.964. The minimum absolute atomic E-state index is 0.129. The van der Waals surface area contributed by atoms with Crippen LogP contribution < -0.4 is 0 Å². The molecule has 2 rings (SSSR count). The number of carbonyl (C=O) groups is 1. The molecule has 1 aromatic heterocycles. The monoisotopic (exact) mass is 280 g/mol. The number of carbonyl (C=O) groups excluding carboxylic acids is 1. The topological polar surface area (TPSA) is 95.5 Å². The van der Waals surface area contributed by atoms with Gasteiger partial charge in [0.05, 0.1) is 28.7 Å². The number of hydrogen-bond donors (Lipinski definition) is 0. The number of nitro groups is 1. The highest BCUT2D eigenvalue weighted by Gasteiger charge is 2.19. The third kappa shape index (κ3) is 2.91. The fourth-order valence-corrected chi connectivity index (χ4v) is 2.18. The molecule has 7 nitrogen and oxygen atoms in total. The Kier molecular flexibility index (Phi) is 3.81. The van der Waals surface area contributed by atoms with Crippen LogP contribution in [0.25, 0.3) is 0 Å². The lowest BCUT2D eigenvalue weighted by atomic mass is 10.2. The molecular formula is C11H8N2O5S. The second-order valence-corrected chi connectivity index (χ2v) is 4.32. The molecule has 98 valence electrons. The number of methoxy groups -OCH3 is 1. The highest BCUT2D eigenvalue weighted by molar-refractivity contribution is 7.99. The Morgan fingerprint density at radius 3 is 2.89 bits per heavy atom. The molecule has 8 heteroatoms. The number of hydrogen-bond acceptors (Lipinski definition) is 7. The molecule has 0 saturated heterocycles. The van der Waals surface area contributed by atoms with E-state index in [2.05, 4.69) is 9.72 Å². The zero-order valence-corrected chi connectivity index (χ0v) is 10.5. The Hall–Kier alpha value is -2.35. The molecule has 19 heavy (non-hydrogen) atoms. The molecule has 1 heterocycles. The van der Waals surface area contributed by atoms with Gasteiger partial charge in [-0.25, -0.2) is 9.78 Å². The van der Waals surface area contributed by atoms with Crippen LogP contribution in [-0.2, 0) is 4.74 Å². The van der Waals surface area contributed by atoms with Crippen molar-refractivity contribution in [2.45, 2.75) is 10.1 Å². The smallest absolute Gasteiger partial charge is 0.337 e. The molecule has 2 aromatic rings. The maximum absolute atomic E-state index is 11.4. The van der Waals surface area contributed by atoms with E-state index in [1.807, 2.05) is 0 Å². The number of ether oxygens (including phenoxy) is 1. The maximum atomic E-state index is 11.4. The maximum Gasteiger partial charge on any atom is 0.337 e. The van der Waals surface area contributed by atoms with Crippen molar-refractivity contribution in [3.63, 3.8) is 0 Å². The summed E-state index contributed by atoms with van der Waals surface area (Å²) in [7, 11) is 1.24. The standard InChI is InChI=1S/C11H8N2O5S/c1-17-10(14)7-2-3-8(13(15)16)9(6-7)19-11-12-4-5-18-11/h2-6H,1H3. The third-order valence-corrected chi connectivity index (χ3v) is 3.11. The van der Waals surface area contributed by atoms with Gasteiger partial charge in [0.1, 0.15) is 6.26 Å². The quantitative estimate of drug-likeness (QED) is 0.482. The fraction of sp³-hybridized carbons (Fsp3) is 0.0909. The van der Waals surface area contributed by atoms with Crippen molar-refractivity contribution < 1.29 is 18.9 Å². The number of esters is 1. The van der Waals surface area contributed by atoms with Gasteiger partial charge in [0, 0.05) is 6.07 Å². The molecule has 0 fully saturated rings. The second-order valence-electron chi connectivity index (χ2n) is 3.33. The largest absolute Gasteiger partial charge is 0.465 e. The molecule has 0 bridgehead atoms. The number of benzene rings is 1. The number of aromatic nitrogens is 1. The van der Waals surface area contributed by atoms with Gasteiger partial charge in [-0.3, -0.25) is 10.1 Å². The third-order valence-electron chi connectivity index (χ3n) is 2.18. The van der Waals surface area contributed by atoms with Gasteiger partial charge in [-0.1, -0.05) is 0 Å². The Morgan fingerprint density at radius 2 is 2.32 bits per heavy atom. The van der Waals surface area contributed by atoms with Crippen molar-refractivity contribution in [3.8, 4) is 0 Å². The Bertz CT molecular complexity index is 612. The Balaban J connectivity index is 2.41. The lowest BCUT2D eigenvalue weighted by Crippen LogP contribution is -2.02. The van der Waals surface area contributed by atoms with E-state index in [9.17, 15) is 14.9 Å². The Labute approximate surface area is 111 Å². The van der Waals surface area contributed by atoms with Crippen molar-refractivity contribution in [2.24, 2.45) is 0 Å². The van der Waals surface area contributed by atoms with Gasteiger partial charge >= 0.3 is 5.97 Å². The summed E-state index contributed by atoms with van der Waals surface area (Å²) in [6.45, 7) is 0. The van der Waals surface area contributed by atoms with E-state index < -0.39 is 10.9 Å². The van der Waals surface area contributed by atoms with Crippen molar-refractivity contribution in [1.82, 2.24) is 4.98 Å². The lowest BCUT2D eigenvalue weighted by Gasteiger charge is -2.03. The van der Waals surface area contributed by atoms with Crippen LogP contribution in [0.15, 0.2) is 45.2 Å². The van der Waals surface area contributed by atoms with E-state index >= 15 is 0 Å². The van der Waals surface area contributed by atoms with Gasteiger partial charge in [-0.2, -0.15) is 0 Å². The van der Waals surface area contributed by atoms with Gasteiger partial charge in [0.2, 0.25) is 0 Å². The van der Waals surface area contributed by atoms with Crippen LogP contribution in [0, 0.1) is 10.1 Å². The van der Waals surface area contributed by atoms with E-state index in [0.29, 0.717) is 0 Å². The predicted molar refractivity (Wildman–Crippen MR) is 65.1 cm³/mol. The second kappa shape index (κ2) is 5.53. The highest BCUT2D eigenvalue weighted by atomic mass is 32.2. The van der Waals surface area contributed by atoms with Gasteiger partial charge < -0.3 is 9.15 Å². The summed E-state index contributed by atoms with van der Waals surface area (Å²) in [6.07, 6.45) is 2.79. The molecule has 0 saturated carbocycles. The first kappa shape index (κ1) is 13.1. The molecule has 0 aliphatic carbocycles. The van der Waals surface area contributed by atoms with Gasteiger partial charge in [-0.15, -0.1) is 0 Å². The summed E-state index contributed by atoms with van der Waals surface area (Å²) < 4.78 is 9.58. The average molecular weight is 280 g/mol. The van der Waals surface area contributed by atoms with Crippen LogP contribution in [-0.4, -0.2) is 23.0 Å². The van der Waals surface area contributed by atoms with Crippen LogP contribution in [0.2, 0.25) is 0 Å². The zero-order valence-electron chi connectivity index (χ0n) is 9.73. The average Bonchev–Trinajstić information content (AvgIpc) is 2.90.